The van der Waals surface area contributed by atoms with E-state index < -0.39 is 5.60 Å². The zero-order valence-corrected chi connectivity index (χ0v) is 9.50. The van der Waals surface area contributed by atoms with E-state index in [-0.39, 0.29) is 5.92 Å². The summed E-state index contributed by atoms with van der Waals surface area (Å²) in [7, 11) is 3.68. The van der Waals surface area contributed by atoms with Crippen LogP contribution < -0.4 is 0 Å². The van der Waals surface area contributed by atoms with Crippen LogP contribution in [0.25, 0.3) is 0 Å². The smallest absolute Gasteiger partial charge is 0.0768 e. The monoisotopic (exact) mass is 189 g/mol. The fourth-order valence-electron chi connectivity index (χ4n) is 1.06. The van der Waals surface area contributed by atoms with Gasteiger partial charge in [0, 0.05) is 20.2 Å². The van der Waals surface area contributed by atoms with Crippen molar-refractivity contribution in [2.24, 2.45) is 5.92 Å². The van der Waals surface area contributed by atoms with Crippen molar-refractivity contribution in [1.29, 1.82) is 0 Å². The topological polar surface area (TPSA) is 32.7 Å². The minimum Gasteiger partial charge on any atom is -0.389 e. The standard InChI is InChI=1S/C10H23NO2/c1-9(2)10(3,12)8-11(4)6-7-13-5/h9,12H,6-8H2,1-5H3. The lowest BCUT2D eigenvalue weighted by Gasteiger charge is -2.32. The molecule has 0 amide bonds. The molecule has 1 atom stereocenters. The maximum absolute atomic E-state index is 9.98. The lowest BCUT2D eigenvalue weighted by molar-refractivity contribution is -0.0166. The summed E-state index contributed by atoms with van der Waals surface area (Å²) in [6.07, 6.45) is 0. The largest absolute Gasteiger partial charge is 0.389 e. The van der Waals surface area contributed by atoms with Crippen molar-refractivity contribution >= 4 is 0 Å². The van der Waals surface area contributed by atoms with E-state index in [1.807, 2.05) is 27.8 Å². The minimum atomic E-state index is -0.609. The van der Waals surface area contributed by atoms with Gasteiger partial charge in [-0.05, 0) is 19.9 Å². The second-order valence-electron chi connectivity index (χ2n) is 4.24. The Kier molecular flexibility index (Phi) is 5.53. The zero-order chi connectivity index (χ0) is 10.5. The molecule has 3 heteroatoms. The highest BCUT2D eigenvalue weighted by Gasteiger charge is 2.26. The Morgan fingerprint density at radius 2 is 2.00 bits per heavy atom. The maximum atomic E-state index is 9.98. The van der Waals surface area contributed by atoms with Crippen LogP contribution in [-0.4, -0.2) is 49.5 Å². The molecule has 0 bridgehead atoms. The van der Waals surface area contributed by atoms with Gasteiger partial charge < -0.3 is 14.7 Å². The van der Waals surface area contributed by atoms with Crippen molar-refractivity contribution in [2.45, 2.75) is 26.4 Å². The molecule has 0 saturated heterocycles. The number of hydrogen-bond acceptors (Lipinski definition) is 3. The zero-order valence-electron chi connectivity index (χ0n) is 9.50. The van der Waals surface area contributed by atoms with Gasteiger partial charge >= 0.3 is 0 Å². The van der Waals surface area contributed by atoms with Crippen molar-refractivity contribution in [1.82, 2.24) is 4.90 Å². The van der Waals surface area contributed by atoms with E-state index in [2.05, 4.69) is 4.90 Å². The van der Waals surface area contributed by atoms with E-state index in [1.54, 1.807) is 7.11 Å². The lowest BCUT2D eigenvalue weighted by Crippen LogP contribution is -2.43. The van der Waals surface area contributed by atoms with Gasteiger partial charge in [-0.25, -0.2) is 0 Å². The third-order valence-electron chi connectivity index (χ3n) is 2.51. The third kappa shape index (κ3) is 5.24. The first-order chi connectivity index (χ1) is 5.90. The van der Waals surface area contributed by atoms with Gasteiger partial charge in [0.15, 0.2) is 0 Å². The first kappa shape index (κ1) is 12.9. The van der Waals surface area contributed by atoms with E-state index in [9.17, 15) is 5.11 Å². The third-order valence-corrected chi connectivity index (χ3v) is 2.51. The number of aliphatic hydroxyl groups is 1. The molecule has 0 saturated carbocycles. The highest BCUT2D eigenvalue weighted by molar-refractivity contribution is 4.79. The number of hydrogen-bond donors (Lipinski definition) is 1. The van der Waals surface area contributed by atoms with Gasteiger partial charge in [0.25, 0.3) is 0 Å². The summed E-state index contributed by atoms with van der Waals surface area (Å²) in [5, 5.41) is 9.98. The molecule has 0 aromatic heterocycles. The summed E-state index contributed by atoms with van der Waals surface area (Å²) in [6.45, 7) is 8.20. The SMILES string of the molecule is COCCN(C)CC(C)(O)C(C)C. The molecule has 0 aromatic rings. The molecule has 0 radical (unpaired) electrons. The Hall–Kier alpha value is -0.120. The van der Waals surface area contributed by atoms with Gasteiger partial charge in [0.1, 0.15) is 0 Å². The Balaban J connectivity index is 3.82. The molecule has 3 nitrogen and oxygen atoms in total. The predicted molar refractivity (Wildman–Crippen MR) is 54.8 cm³/mol. The summed E-state index contributed by atoms with van der Waals surface area (Å²) in [4.78, 5) is 2.09. The number of methoxy groups -OCH3 is 1. The first-order valence-electron chi connectivity index (χ1n) is 4.80. The number of likely N-dealkylation sites (N-methyl/N-ethyl adjacent to an activating group) is 1. The van der Waals surface area contributed by atoms with E-state index in [0.29, 0.717) is 13.2 Å². The Bertz CT molecular complexity index is 135. The van der Waals surface area contributed by atoms with Gasteiger partial charge in [0.05, 0.1) is 12.2 Å². The molecular formula is C10H23NO2. The summed E-state index contributed by atoms with van der Waals surface area (Å²) in [5.41, 5.74) is -0.609. The van der Waals surface area contributed by atoms with Crippen LogP contribution >= 0.6 is 0 Å². The van der Waals surface area contributed by atoms with Crippen LogP contribution in [0.4, 0.5) is 0 Å². The molecule has 0 fully saturated rings. The van der Waals surface area contributed by atoms with Gasteiger partial charge in [-0.2, -0.15) is 0 Å². The van der Waals surface area contributed by atoms with Crippen molar-refractivity contribution in [2.75, 3.05) is 33.9 Å². The Morgan fingerprint density at radius 1 is 1.46 bits per heavy atom. The molecule has 0 rings (SSSR count). The van der Waals surface area contributed by atoms with E-state index in [1.165, 1.54) is 0 Å². The molecule has 0 aliphatic heterocycles. The second-order valence-corrected chi connectivity index (χ2v) is 4.24. The number of rotatable bonds is 6. The molecule has 0 aliphatic carbocycles. The normalized spacial score (nSPS) is 16.6. The molecular weight excluding hydrogens is 166 g/mol. The molecule has 80 valence electrons. The molecule has 1 N–H and O–H groups in total. The minimum absolute atomic E-state index is 0.275. The average Bonchev–Trinajstić information content (AvgIpc) is 1.99. The number of nitrogens with zero attached hydrogens (tertiary/aromatic N) is 1. The molecule has 0 spiro atoms. The Labute approximate surface area is 81.7 Å². The lowest BCUT2D eigenvalue weighted by atomic mass is 9.92. The van der Waals surface area contributed by atoms with Gasteiger partial charge in [-0.1, -0.05) is 13.8 Å². The highest BCUT2D eigenvalue weighted by atomic mass is 16.5. The number of ether oxygens (including phenoxy) is 1. The van der Waals surface area contributed by atoms with E-state index >= 15 is 0 Å². The fourth-order valence-corrected chi connectivity index (χ4v) is 1.06. The summed E-state index contributed by atoms with van der Waals surface area (Å²) < 4.78 is 4.96. The maximum Gasteiger partial charge on any atom is 0.0768 e. The van der Waals surface area contributed by atoms with Crippen molar-refractivity contribution in [3.63, 3.8) is 0 Å². The summed E-state index contributed by atoms with van der Waals surface area (Å²) in [5.74, 6) is 0.275. The summed E-state index contributed by atoms with van der Waals surface area (Å²) >= 11 is 0. The Morgan fingerprint density at radius 3 is 2.38 bits per heavy atom. The van der Waals surface area contributed by atoms with Gasteiger partial charge in [0.2, 0.25) is 0 Å². The van der Waals surface area contributed by atoms with Crippen LogP contribution in [0.3, 0.4) is 0 Å². The molecule has 0 aliphatic rings. The molecule has 0 aromatic carbocycles. The van der Waals surface area contributed by atoms with Crippen LogP contribution in [0.5, 0.6) is 0 Å². The van der Waals surface area contributed by atoms with E-state index in [0.717, 1.165) is 6.54 Å². The van der Waals surface area contributed by atoms with Crippen LogP contribution in [0.1, 0.15) is 20.8 Å². The van der Waals surface area contributed by atoms with Crippen molar-refractivity contribution < 1.29 is 9.84 Å². The highest BCUT2D eigenvalue weighted by Crippen LogP contribution is 2.16. The molecule has 0 heterocycles. The van der Waals surface area contributed by atoms with E-state index in [4.69, 9.17) is 4.74 Å². The quantitative estimate of drug-likeness (QED) is 0.676. The predicted octanol–water partition coefficient (Wildman–Crippen LogP) is 0.972. The molecule has 13 heavy (non-hydrogen) atoms. The molecule has 1 unspecified atom stereocenters. The second kappa shape index (κ2) is 5.58. The van der Waals surface area contributed by atoms with Crippen LogP contribution in [0.2, 0.25) is 0 Å². The van der Waals surface area contributed by atoms with Crippen LogP contribution in [0, 0.1) is 5.92 Å². The van der Waals surface area contributed by atoms with Crippen molar-refractivity contribution in [3.8, 4) is 0 Å². The van der Waals surface area contributed by atoms with Crippen LogP contribution in [0.15, 0.2) is 0 Å². The summed E-state index contributed by atoms with van der Waals surface area (Å²) in [6, 6.07) is 0. The van der Waals surface area contributed by atoms with Crippen LogP contribution in [-0.2, 0) is 4.74 Å². The van der Waals surface area contributed by atoms with Gasteiger partial charge in [-0.15, -0.1) is 0 Å². The van der Waals surface area contributed by atoms with Crippen molar-refractivity contribution in [3.05, 3.63) is 0 Å². The first-order valence-corrected chi connectivity index (χ1v) is 4.80. The van der Waals surface area contributed by atoms with Gasteiger partial charge in [-0.3, -0.25) is 0 Å². The average molecular weight is 189 g/mol. The fraction of sp³-hybridized carbons (Fsp3) is 1.00.